The number of benzene rings is 1. The van der Waals surface area contributed by atoms with Gasteiger partial charge in [-0.2, -0.15) is 0 Å². The standard InChI is InChI=1S/C18H19N3OS2/c1-12(2)15-11-24-18(20-15)21-16(22)9-14-10-23-17(19-14)8-13-6-4-3-5-7-13/h3-7,10-12H,8-9H2,1-2H3,(H,20,21,22). The average Bonchev–Trinajstić information content (AvgIpc) is 3.18. The molecule has 2 aromatic heterocycles. The fourth-order valence-corrected chi connectivity index (χ4v) is 3.93. The molecule has 0 spiro atoms. The SMILES string of the molecule is CC(C)c1csc(NC(=O)Cc2csc(Cc3ccccc3)n2)n1. The molecule has 0 aliphatic carbocycles. The molecule has 1 amide bonds. The van der Waals surface area contributed by atoms with Crippen LogP contribution in [0, 0.1) is 0 Å². The number of hydrogen-bond acceptors (Lipinski definition) is 5. The highest BCUT2D eigenvalue weighted by Crippen LogP contribution is 2.22. The third kappa shape index (κ3) is 4.49. The highest BCUT2D eigenvalue weighted by molar-refractivity contribution is 7.14. The predicted octanol–water partition coefficient (Wildman–Crippen LogP) is 4.50. The van der Waals surface area contributed by atoms with E-state index >= 15 is 0 Å². The maximum atomic E-state index is 12.1. The molecule has 6 heteroatoms. The van der Waals surface area contributed by atoms with Gasteiger partial charge in [0.25, 0.3) is 0 Å². The van der Waals surface area contributed by atoms with Crippen molar-refractivity contribution < 1.29 is 4.79 Å². The van der Waals surface area contributed by atoms with Crippen LogP contribution in [0.15, 0.2) is 41.1 Å². The number of thiazole rings is 2. The van der Waals surface area contributed by atoms with Crippen molar-refractivity contribution >= 4 is 33.7 Å². The molecule has 0 saturated carbocycles. The summed E-state index contributed by atoms with van der Waals surface area (Å²) in [4.78, 5) is 21.1. The zero-order valence-electron chi connectivity index (χ0n) is 13.7. The molecule has 3 aromatic rings. The van der Waals surface area contributed by atoms with E-state index in [-0.39, 0.29) is 12.3 Å². The molecule has 3 rings (SSSR count). The zero-order chi connectivity index (χ0) is 16.9. The van der Waals surface area contributed by atoms with Crippen molar-refractivity contribution in [2.75, 3.05) is 5.32 Å². The molecule has 1 aromatic carbocycles. The Morgan fingerprint density at radius 2 is 1.92 bits per heavy atom. The highest BCUT2D eigenvalue weighted by Gasteiger charge is 2.11. The number of amides is 1. The fraction of sp³-hybridized carbons (Fsp3) is 0.278. The maximum absolute atomic E-state index is 12.1. The van der Waals surface area contributed by atoms with Crippen molar-refractivity contribution in [1.29, 1.82) is 0 Å². The molecule has 1 N–H and O–H groups in total. The fourth-order valence-electron chi connectivity index (χ4n) is 2.22. The van der Waals surface area contributed by atoms with Crippen LogP contribution >= 0.6 is 22.7 Å². The molecule has 0 aliphatic rings. The minimum Gasteiger partial charge on any atom is -0.302 e. The molecule has 0 saturated heterocycles. The number of nitrogens with zero attached hydrogens (tertiary/aromatic N) is 2. The summed E-state index contributed by atoms with van der Waals surface area (Å²) in [7, 11) is 0. The van der Waals surface area contributed by atoms with E-state index in [1.165, 1.54) is 16.9 Å². The normalized spacial score (nSPS) is 11.0. The monoisotopic (exact) mass is 357 g/mol. The minimum atomic E-state index is -0.0729. The quantitative estimate of drug-likeness (QED) is 0.707. The molecule has 0 fully saturated rings. The van der Waals surface area contributed by atoms with Crippen molar-refractivity contribution in [2.24, 2.45) is 0 Å². The Morgan fingerprint density at radius 3 is 2.62 bits per heavy atom. The Morgan fingerprint density at radius 1 is 1.12 bits per heavy atom. The van der Waals surface area contributed by atoms with Crippen LogP contribution in [-0.2, 0) is 17.6 Å². The van der Waals surface area contributed by atoms with Gasteiger partial charge in [-0.1, -0.05) is 44.2 Å². The second kappa shape index (κ2) is 7.68. The van der Waals surface area contributed by atoms with E-state index in [1.54, 1.807) is 11.3 Å². The summed E-state index contributed by atoms with van der Waals surface area (Å²) in [6, 6.07) is 10.2. The lowest BCUT2D eigenvalue weighted by Crippen LogP contribution is -2.14. The van der Waals surface area contributed by atoms with E-state index in [2.05, 4.69) is 41.3 Å². The van der Waals surface area contributed by atoms with Gasteiger partial charge < -0.3 is 5.32 Å². The topological polar surface area (TPSA) is 54.9 Å². The van der Waals surface area contributed by atoms with Gasteiger partial charge in [0.1, 0.15) is 0 Å². The largest absolute Gasteiger partial charge is 0.302 e. The van der Waals surface area contributed by atoms with Gasteiger partial charge in [-0.05, 0) is 11.5 Å². The van der Waals surface area contributed by atoms with Crippen LogP contribution in [0.5, 0.6) is 0 Å². The van der Waals surface area contributed by atoms with Gasteiger partial charge >= 0.3 is 0 Å². The summed E-state index contributed by atoms with van der Waals surface area (Å²) in [6.45, 7) is 4.17. The van der Waals surface area contributed by atoms with Gasteiger partial charge in [0.15, 0.2) is 5.13 Å². The van der Waals surface area contributed by atoms with Crippen LogP contribution in [0.2, 0.25) is 0 Å². The van der Waals surface area contributed by atoms with Crippen molar-refractivity contribution in [3.8, 4) is 0 Å². The minimum absolute atomic E-state index is 0.0729. The van der Waals surface area contributed by atoms with Gasteiger partial charge in [-0.15, -0.1) is 22.7 Å². The first kappa shape index (κ1) is 16.8. The van der Waals surface area contributed by atoms with Gasteiger partial charge in [0, 0.05) is 17.2 Å². The average molecular weight is 358 g/mol. The van der Waals surface area contributed by atoms with Gasteiger partial charge in [-0.3, -0.25) is 4.79 Å². The summed E-state index contributed by atoms with van der Waals surface area (Å²) in [5.74, 6) is 0.294. The molecule has 124 valence electrons. The Balaban J connectivity index is 1.56. The first-order valence-corrected chi connectivity index (χ1v) is 9.58. The van der Waals surface area contributed by atoms with E-state index in [4.69, 9.17) is 0 Å². The number of carbonyl (C=O) groups excluding carboxylic acids is 1. The predicted molar refractivity (Wildman–Crippen MR) is 99.9 cm³/mol. The lowest BCUT2D eigenvalue weighted by Gasteiger charge is -2.00. The Bertz CT molecular complexity index is 809. The van der Waals surface area contributed by atoms with E-state index in [1.807, 2.05) is 29.0 Å². The number of anilines is 1. The molecule has 24 heavy (non-hydrogen) atoms. The molecule has 0 radical (unpaired) electrons. The molecule has 0 bridgehead atoms. The summed E-state index contributed by atoms with van der Waals surface area (Å²) in [5, 5.41) is 8.49. The number of nitrogens with one attached hydrogen (secondary N) is 1. The third-order valence-corrected chi connectivity index (χ3v) is 5.17. The third-order valence-electron chi connectivity index (χ3n) is 3.50. The van der Waals surface area contributed by atoms with Crippen LogP contribution in [-0.4, -0.2) is 15.9 Å². The Labute approximate surface area is 149 Å². The number of carbonyl (C=O) groups is 1. The smallest absolute Gasteiger partial charge is 0.232 e. The van der Waals surface area contributed by atoms with Gasteiger partial charge in [0.05, 0.1) is 22.8 Å². The van der Waals surface area contributed by atoms with E-state index in [0.29, 0.717) is 11.0 Å². The van der Waals surface area contributed by atoms with Crippen LogP contribution in [0.3, 0.4) is 0 Å². The van der Waals surface area contributed by atoms with Crippen LogP contribution in [0.1, 0.15) is 41.7 Å². The van der Waals surface area contributed by atoms with Crippen LogP contribution in [0.25, 0.3) is 0 Å². The lowest BCUT2D eigenvalue weighted by atomic mass is 10.2. The molecule has 0 unspecified atom stereocenters. The first-order chi connectivity index (χ1) is 11.6. The molecular formula is C18H19N3OS2. The molecule has 0 aliphatic heterocycles. The number of aromatic nitrogens is 2. The van der Waals surface area contributed by atoms with Gasteiger partial charge in [0.2, 0.25) is 5.91 Å². The second-order valence-electron chi connectivity index (χ2n) is 5.85. The van der Waals surface area contributed by atoms with E-state index in [9.17, 15) is 4.79 Å². The van der Waals surface area contributed by atoms with E-state index in [0.717, 1.165) is 22.8 Å². The first-order valence-electron chi connectivity index (χ1n) is 7.82. The Kier molecular flexibility index (Phi) is 5.37. The second-order valence-corrected chi connectivity index (χ2v) is 7.65. The van der Waals surface area contributed by atoms with Crippen molar-refractivity contribution in [1.82, 2.24) is 9.97 Å². The summed E-state index contributed by atoms with van der Waals surface area (Å²) < 4.78 is 0. The maximum Gasteiger partial charge on any atom is 0.232 e. The van der Waals surface area contributed by atoms with Crippen molar-refractivity contribution in [3.05, 3.63) is 63.1 Å². The molecular weight excluding hydrogens is 338 g/mol. The molecule has 4 nitrogen and oxygen atoms in total. The van der Waals surface area contributed by atoms with Crippen molar-refractivity contribution in [3.63, 3.8) is 0 Å². The van der Waals surface area contributed by atoms with Crippen LogP contribution < -0.4 is 5.32 Å². The van der Waals surface area contributed by atoms with Crippen molar-refractivity contribution in [2.45, 2.75) is 32.6 Å². The number of hydrogen-bond donors (Lipinski definition) is 1. The van der Waals surface area contributed by atoms with Crippen LogP contribution in [0.4, 0.5) is 5.13 Å². The summed E-state index contributed by atoms with van der Waals surface area (Å²) in [6.07, 6.45) is 1.08. The molecule has 0 atom stereocenters. The molecule has 2 heterocycles. The van der Waals surface area contributed by atoms with E-state index < -0.39 is 0 Å². The Hall–Kier alpha value is -2.05. The number of rotatable bonds is 6. The zero-order valence-corrected chi connectivity index (χ0v) is 15.3. The summed E-state index contributed by atoms with van der Waals surface area (Å²) >= 11 is 3.06. The summed E-state index contributed by atoms with van der Waals surface area (Å²) in [5.41, 5.74) is 3.05. The van der Waals surface area contributed by atoms with Gasteiger partial charge in [-0.25, -0.2) is 9.97 Å². The highest BCUT2D eigenvalue weighted by atomic mass is 32.1. The lowest BCUT2D eigenvalue weighted by molar-refractivity contribution is -0.115.